The first-order chi connectivity index (χ1) is 9.33. The summed E-state index contributed by atoms with van der Waals surface area (Å²) in [5.41, 5.74) is 0.529. The smallest absolute Gasteiger partial charge is 0.349 e. The molecule has 0 aliphatic rings. The number of esters is 1. The Morgan fingerprint density at radius 2 is 2.10 bits per heavy atom. The van der Waals surface area contributed by atoms with E-state index in [2.05, 4.69) is 9.46 Å². The minimum Gasteiger partial charge on any atom is -0.465 e. The summed E-state index contributed by atoms with van der Waals surface area (Å²) < 4.78 is 36.8. The molecule has 1 aromatic heterocycles. The van der Waals surface area contributed by atoms with Crippen molar-refractivity contribution in [2.24, 2.45) is 0 Å². The molecule has 20 heavy (non-hydrogen) atoms. The lowest BCUT2D eigenvalue weighted by atomic mass is 10.3. The maximum Gasteiger partial charge on any atom is 0.349 e. The highest BCUT2D eigenvalue weighted by Gasteiger charge is 2.28. The zero-order valence-corrected chi connectivity index (χ0v) is 13.6. The molecule has 1 unspecified atom stereocenters. The highest BCUT2D eigenvalue weighted by Crippen LogP contribution is 2.27. The van der Waals surface area contributed by atoms with E-state index in [1.54, 1.807) is 26.3 Å². The first-order valence-electron chi connectivity index (χ1n) is 6.01. The second-order valence-corrected chi connectivity index (χ2v) is 6.90. The molecule has 1 N–H and O–H groups in total. The third-order valence-corrected chi connectivity index (χ3v) is 5.65. The van der Waals surface area contributed by atoms with E-state index in [0.717, 1.165) is 11.3 Å². The molecule has 0 aliphatic carbocycles. The summed E-state index contributed by atoms with van der Waals surface area (Å²) in [4.78, 5) is 11.7. The Balaban J connectivity index is 3.04. The Kier molecular flexibility index (Phi) is 6.12. The summed E-state index contributed by atoms with van der Waals surface area (Å²) in [5.74, 6) is -0.645. The van der Waals surface area contributed by atoms with Gasteiger partial charge < -0.3 is 9.47 Å². The standard InChI is InChI=1S/C12H19NO5S2/c1-8-7-19-10(12(14)18-4)11(8)20(15,16)13-9(2)5-6-17-3/h7,9,13H,5-6H2,1-4H3. The minimum atomic E-state index is -3.76. The van der Waals surface area contributed by atoms with Gasteiger partial charge in [-0.05, 0) is 31.2 Å². The van der Waals surface area contributed by atoms with Crippen LogP contribution in [0.5, 0.6) is 0 Å². The summed E-state index contributed by atoms with van der Waals surface area (Å²) in [7, 11) is -0.979. The van der Waals surface area contributed by atoms with Gasteiger partial charge in [0.25, 0.3) is 0 Å². The van der Waals surface area contributed by atoms with Crippen LogP contribution in [0.1, 0.15) is 28.6 Å². The van der Waals surface area contributed by atoms with Gasteiger partial charge >= 0.3 is 5.97 Å². The first kappa shape index (κ1) is 17.1. The van der Waals surface area contributed by atoms with Crippen molar-refractivity contribution in [3.05, 3.63) is 15.8 Å². The lowest BCUT2D eigenvalue weighted by molar-refractivity contribution is 0.0602. The number of hydrogen-bond acceptors (Lipinski definition) is 6. The van der Waals surface area contributed by atoms with Crippen molar-refractivity contribution in [1.82, 2.24) is 4.72 Å². The van der Waals surface area contributed by atoms with Crippen LogP contribution in [0.3, 0.4) is 0 Å². The van der Waals surface area contributed by atoms with Crippen molar-refractivity contribution >= 4 is 27.3 Å². The topological polar surface area (TPSA) is 81.7 Å². The third-order valence-electron chi connectivity index (χ3n) is 2.67. The van der Waals surface area contributed by atoms with Crippen molar-refractivity contribution in [2.75, 3.05) is 20.8 Å². The summed E-state index contributed by atoms with van der Waals surface area (Å²) in [5, 5.41) is 1.63. The normalized spacial score (nSPS) is 13.2. The Labute approximate surface area is 123 Å². The van der Waals surface area contributed by atoms with Gasteiger partial charge in [0, 0.05) is 19.8 Å². The molecule has 114 valence electrons. The van der Waals surface area contributed by atoms with Gasteiger partial charge in [0.1, 0.15) is 9.77 Å². The number of ether oxygens (including phenoxy) is 2. The van der Waals surface area contributed by atoms with Crippen LogP contribution in [0, 0.1) is 6.92 Å². The maximum atomic E-state index is 12.4. The number of carbonyl (C=O) groups is 1. The van der Waals surface area contributed by atoms with E-state index in [4.69, 9.17) is 4.74 Å². The number of carbonyl (C=O) groups excluding carboxylic acids is 1. The van der Waals surface area contributed by atoms with Crippen molar-refractivity contribution in [3.8, 4) is 0 Å². The first-order valence-corrected chi connectivity index (χ1v) is 8.37. The zero-order chi connectivity index (χ0) is 15.3. The van der Waals surface area contributed by atoms with Crippen LogP contribution in [0.4, 0.5) is 0 Å². The number of thiophene rings is 1. The van der Waals surface area contributed by atoms with E-state index in [9.17, 15) is 13.2 Å². The predicted molar refractivity (Wildman–Crippen MR) is 76.7 cm³/mol. The van der Waals surface area contributed by atoms with E-state index >= 15 is 0 Å². The van der Waals surface area contributed by atoms with Crippen LogP contribution in [-0.2, 0) is 19.5 Å². The molecule has 0 saturated heterocycles. The molecule has 1 atom stereocenters. The van der Waals surface area contributed by atoms with Gasteiger partial charge in [-0.3, -0.25) is 0 Å². The van der Waals surface area contributed by atoms with Gasteiger partial charge in [-0.15, -0.1) is 11.3 Å². The maximum absolute atomic E-state index is 12.4. The lowest BCUT2D eigenvalue weighted by Crippen LogP contribution is -2.34. The molecular weight excluding hydrogens is 302 g/mol. The highest BCUT2D eigenvalue weighted by atomic mass is 32.2. The third kappa shape index (κ3) is 4.02. The van der Waals surface area contributed by atoms with Gasteiger partial charge in [0.05, 0.1) is 7.11 Å². The fourth-order valence-electron chi connectivity index (χ4n) is 1.68. The molecule has 6 nitrogen and oxygen atoms in total. The van der Waals surface area contributed by atoms with Crippen molar-refractivity contribution in [2.45, 2.75) is 31.2 Å². The summed E-state index contributed by atoms with van der Waals surface area (Å²) in [6, 6.07) is -0.287. The molecule has 8 heteroatoms. The molecule has 0 aliphatic heterocycles. The van der Waals surface area contributed by atoms with E-state index in [1.807, 2.05) is 0 Å². The highest BCUT2D eigenvalue weighted by molar-refractivity contribution is 7.89. The van der Waals surface area contributed by atoms with Crippen LogP contribution in [-0.4, -0.2) is 41.3 Å². The molecule has 1 heterocycles. The average molecular weight is 321 g/mol. The van der Waals surface area contributed by atoms with Gasteiger partial charge in [-0.2, -0.15) is 0 Å². The number of hydrogen-bond donors (Lipinski definition) is 1. The van der Waals surface area contributed by atoms with E-state index in [1.165, 1.54) is 7.11 Å². The van der Waals surface area contributed by atoms with Gasteiger partial charge in [0.2, 0.25) is 10.0 Å². The van der Waals surface area contributed by atoms with Crippen LogP contribution < -0.4 is 4.72 Å². The Hall–Kier alpha value is -0.960. The summed E-state index contributed by atoms with van der Waals surface area (Å²) in [6.45, 7) is 3.85. The minimum absolute atomic E-state index is 0.00128. The molecular formula is C12H19NO5S2. The zero-order valence-electron chi connectivity index (χ0n) is 11.9. The fourth-order valence-corrected chi connectivity index (χ4v) is 4.66. The Morgan fingerprint density at radius 1 is 1.45 bits per heavy atom. The van der Waals surface area contributed by atoms with Crippen LogP contribution >= 0.6 is 11.3 Å². The quantitative estimate of drug-likeness (QED) is 0.771. The number of rotatable bonds is 7. The second kappa shape index (κ2) is 7.16. The molecule has 0 amide bonds. The van der Waals surface area contributed by atoms with Gasteiger partial charge in [-0.1, -0.05) is 0 Å². The number of aryl methyl sites for hydroxylation is 1. The van der Waals surface area contributed by atoms with Crippen LogP contribution in [0.2, 0.25) is 0 Å². The number of methoxy groups -OCH3 is 2. The molecule has 0 aromatic carbocycles. The lowest BCUT2D eigenvalue weighted by Gasteiger charge is -2.14. The molecule has 1 rings (SSSR count). The van der Waals surface area contributed by atoms with Crippen molar-refractivity contribution < 1.29 is 22.7 Å². The van der Waals surface area contributed by atoms with Crippen LogP contribution in [0.25, 0.3) is 0 Å². The van der Waals surface area contributed by atoms with E-state index in [0.29, 0.717) is 18.6 Å². The van der Waals surface area contributed by atoms with Gasteiger partial charge in [0.15, 0.2) is 0 Å². The molecule has 0 spiro atoms. The molecule has 1 aromatic rings. The van der Waals surface area contributed by atoms with Crippen LogP contribution in [0.15, 0.2) is 10.3 Å². The summed E-state index contributed by atoms with van der Waals surface area (Å²) >= 11 is 1.06. The Morgan fingerprint density at radius 3 is 2.65 bits per heavy atom. The van der Waals surface area contributed by atoms with E-state index < -0.39 is 16.0 Å². The summed E-state index contributed by atoms with van der Waals surface area (Å²) in [6.07, 6.45) is 0.548. The number of nitrogens with one attached hydrogen (secondary N) is 1. The largest absolute Gasteiger partial charge is 0.465 e. The predicted octanol–water partition coefficient (Wildman–Crippen LogP) is 1.55. The molecule has 0 saturated carbocycles. The molecule has 0 fully saturated rings. The average Bonchev–Trinajstić information content (AvgIpc) is 2.77. The SMILES string of the molecule is COCCC(C)NS(=O)(=O)c1c(C)csc1C(=O)OC. The number of sulfonamides is 1. The monoisotopic (exact) mass is 321 g/mol. The van der Waals surface area contributed by atoms with E-state index in [-0.39, 0.29) is 15.8 Å². The van der Waals surface area contributed by atoms with Crippen molar-refractivity contribution in [1.29, 1.82) is 0 Å². The Bertz CT molecular complexity index is 564. The fraction of sp³-hybridized carbons (Fsp3) is 0.583. The molecule has 0 bridgehead atoms. The second-order valence-electron chi connectivity index (χ2n) is 4.37. The van der Waals surface area contributed by atoms with Crippen molar-refractivity contribution in [3.63, 3.8) is 0 Å². The molecule has 0 radical (unpaired) electrons. The van der Waals surface area contributed by atoms with Gasteiger partial charge in [-0.25, -0.2) is 17.9 Å².